The molecule has 1 aromatic carbocycles. The topological polar surface area (TPSA) is 90.8 Å². The van der Waals surface area contributed by atoms with Gasteiger partial charge in [-0.15, -0.1) is 0 Å². The Labute approximate surface area is 227 Å². The summed E-state index contributed by atoms with van der Waals surface area (Å²) in [6.45, 7) is 8.53. The molecule has 0 aliphatic carbocycles. The lowest BCUT2D eigenvalue weighted by Crippen LogP contribution is -2.84. The Morgan fingerprint density at radius 1 is 0.865 bits per heavy atom. The predicted molar refractivity (Wildman–Crippen MR) is 151 cm³/mol. The van der Waals surface area contributed by atoms with E-state index in [-0.39, 0.29) is 19.2 Å². The second-order valence-electron chi connectivity index (χ2n) is 9.60. The molecule has 0 spiro atoms. The number of aryl methyl sites for hydroxylation is 1. The summed E-state index contributed by atoms with van der Waals surface area (Å²) in [5.74, 6) is 0.424. The SMILES string of the molecule is CCCCCCCCCCCCc1ccc(OCC(COP(O)OCC[NH2+]CC)OC(=O)CCC)cc1. The van der Waals surface area contributed by atoms with Crippen molar-refractivity contribution in [3.05, 3.63) is 29.8 Å². The van der Waals surface area contributed by atoms with Crippen molar-refractivity contribution >= 4 is 14.6 Å². The van der Waals surface area contributed by atoms with Crippen LogP contribution in [0.3, 0.4) is 0 Å². The van der Waals surface area contributed by atoms with Crippen LogP contribution in [0.5, 0.6) is 5.75 Å². The molecular formula is C29H53NO6P+. The molecular weight excluding hydrogens is 489 g/mol. The smallest absolute Gasteiger partial charge is 0.330 e. The Morgan fingerprint density at radius 3 is 2.14 bits per heavy atom. The predicted octanol–water partition coefficient (Wildman–Crippen LogP) is 6.08. The van der Waals surface area contributed by atoms with Gasteiger partial charge < -0.3 is 28.7 Å². The lowest BCUT2D eigenvalue weighted by atomic mass is 10.0. The Hall–Kier alpha value is -1.24. The zero-order valence-electron chi connectivity index (χ0n) is 23.6. The quantitative estimate of drug-likeness (QED) is 0.0885. The number of carbonyl (C=O) groups is 1. The number of benzene rings is 1. The molecule has 2 atom stereocenters. The number of rotatable bonds is 25. The number of hydrogen-bond donors (Lipinski definition) is 2. The minimum absolute atomic E-state index is 0.0198. The van der Waals surface area contributed by atoms with Crippen molar-refractivity contribution in [2.24, 2.45) is 0 Å². The number of hydrogen-bond acceptors (Lipinski definition) is 6. The van der Waals surface area contributed by atoms with Gasteiger partial charge in [0.05, 0.1) is 19.7 Å². The number of likely N-dealkylation sites (N-methyl/N-ethyl adjacent to an activating group) is 1. The van der Waals surface area contributed by atoms with Crippen LogP contribution >= 0.6 is 8.60 Å². The number of unbranched alkanes of at least 4 members (excludes halogenated alkanes) is 9. The number of quaternary nitrogens is 1. The van der Waals surface area contributed by atoms with Gasteiger partial charge in [0.1, 0.15) is 19.0 Å². The maximum atomic E-state index is 12.0. The fourth-order valence-electron chi connectivity index (χ4n) is 3.93. The van der Waals surface area contributed by atoms with Crippen molar-refractivity contribution in [1.82, 2.24) is 0 Å². The van der Waals surface area contributed by atoms with E-state index in [1.54, 1.807) is 0 Å². The van der Waals surface area contributed by atoms with E-state index in [4.69, 9.17) is 18.5 Å². The zero-order chi connectivity index (χ0) is 27.0. The lowest BCUT2D eigenvalue weighted by Gasteiger charge is -2.20. The molecule has 0 amide bonds. The summed E-state index contributed by atoms with van der Waals surface area (Å²) in [5, 5.41) is 2.08. The standard InChI is InChI=1S/C29H52NO6P/c1-4-7-8-9-10-11-12-13-14-15-17-26-18-20-27(21-19-26)33-24-28(36-29(31)16-5-2)25-35-37(32)34-23-22-30-6-3/h18-21,28,30,32H,4-17,22-25H2,1-3H3/p+1. The van der Waals surface area contributed by atoms with E-state index in [1.807, 2.05) is 19.1 Å². The Bertz CT molecular complexity index is 660. The Balaban J connectivity index is 2.32. The van der Waals surface area contributed by atoms with Crippen molar-refractivity contribution in [3.63, 3.8) is 0 Å². The van der Waals surface area contributed by atoms with E-state index in [1.165, 1.54) is 69.8 Å². The fraction of sp³-hybridized carbons (Fsp3) is 0.759. The van der Waals surface area contributed by atoms with Gasteiger partial charge in [0.15, 0.2) is 6.10 Å². The third-order valence-corrected chi connectivity index (χ3v) is 6.89. The first kappa shape index (κ1) is 33.8. The number of nitrogens with two attached hydrogens (primary N) is 1. The first-order chi connectivity index (χ1) is 18.1. The van der Waals surface area contributed by atoms with E-state index in [0.717, 1.165) is 25.3 Å². The van der Waals surface area contributed by atoms with E-state index < -0.39 is 14.7 Å². The maximum absolute atomic E-state index is 12.0. The molecule has 1 rings (SSSR count). The normalized spacial score (nSPS) is 12.9. The molecule has 0 heterocycles. The molecule has 3 N–H and O–H groups in total. The van der Waals surface area contributed by atoms with Gasteiger partial charge in [-0.2, -0.15) is 0 Å². The maximum Gasteiger partial charge on any atom is 0.330 e. The minimum atomic E-state index is -2.01. The molecule has 0 saturated heterocycles. The van der Waals surface area contributed by atoms with Gasteiger partial charge in [-0.25, -0.2) is 0 Å². The largest absolute Gasteiger partial charge is 0.490 e. The summed E-state index contributed by atoms with van der Waals surface area (Å²) >= 11 is 0. The monoisotopic (exact) mass is 542 g/mol. The van der Waals surface area contributed by atoms with Crippen molar-refractivity contribution in [2.75, 3.05) is 32.9 Å². The summed E-state index contributed by atoms with van der Waals surface area (Å²) in [5.41, 5.74) is 1.31. The third-order valence-electron chi connectivity index (χ3n) is 6.11. The van der Waals surface area contributed by atoms with E-state index in [0.29, 0.717) is 19.4 Å². The van der Waals surface area contributed by atoms with Gasteiger partial charge in [0.2, 0.25) is 0 Å². The molecule has 0 bridgehead atoms. The fourth-order valence-corrected chi connectivity index (χ4v) is 4.56. The van der Waals surface area contributed by atoms with Crippen LogP contribution in [0.15, 0.2) is 24.3 Å². The highest BCUT2D eigenvalue weighted by atomic mass is 31.2. The van der Waals surface area contributed by atoms with Crippen LogP contribution in [0.25, 0.3) is 0 Å². The summed E-state index contributed by atoms with van der Waals surface area (Å²) in [6, 6.07) is 8.13. The van der Waals surface area contributed by atoms with Crippen molar-refractivity contribution in [3.8, 4) is 5.75 Å². The van der Waals surface area contributed by atoms with Crippen LogP contribution in [-0.2, 0) is 25.0 Å². The second kappa shape index (κ2) is 23.8. The first-order valence-corrected chi connectivity index (χ1v) is 15.7. The van der Waals surface area contributed by atoms with Gasteiger partial charge in [-0.1, -0.05) is 83.8 Å². The van der Waals surface area contributed by atoms with Gasteiger partial charge in [0.25, 0.3) is 0 Å². The summed E-state index contributed by atoms with van der Waals surface area (Å²) in [7, 11) is -2.01. The third kappa shape index (κ3) is 19.5. The van der Waals surface area contributed by atoms with Gasteiger partial charge >= 0.3 is 14.6 Å². The molecule has 0 saturated carbocycles. The molecule has 2 unspecified atom stereocenters. The summed E-state index contributed by atoms with van der Waals surface area (Å²) < 4.78 is 22.1. The Morgan fingerprint density at radius 2 is 1.51 bits per heavy atom. The lowest BCUT2D eigenvalue weighted by molar-refractivity contribution is -0.652. The molecule has 0 radical (unpaired) electrons. The highest BCUT2D eigenvalue weighted by Gasteiger charge is 2.19. The van der Waals surface area contributed by atoms with Gasteiger partial charge in [0, 0.05) is 6.42 Å². The van der Waals surface area contributed by atoms with Gasteiger partial charge in [-0.05, 0) is 43.9 Å². The van der Waals surface area contributed by atoms with E-state index in [9.17, 15) is 9.69 Å². The van der Waals surface area contributed by atoms with Crippen LogP contribution in [0.2, 0.25) is 0 Å². The molecule has 37 heavy (non-hydrogen) atoms. The first-order valence-electron chi connectivity index (χ1n) is 14.6. The molecule has 0 aliphatic heterocycles. The second-order valence-corrected chi connectivity index (χ2v) is 10.6. The van der Waals surface area contributed by atoms with Crippen LogP contribution in [0.1, 0.15) is 103 Å². The number of carbonyl (C=O) groups excluding carboxylic acids is 1. The average molecular weight is 543 g/mol. The van der Waals surface area contributed by atoms with Crippen LogP contribution in [0, 0.1) is 0 Å². The van der Waals surface area contributed by atoms with Crippen molar-refractivity contribution < 1.29 is 33.5 Å². The molecule has 7 nitrogen and oxygen atoms in total. The van der Waals surface area contributed by atoms with E-state index in [2.05, 4.69) is 31.3 Å². The summed E-state index contributed by atoms with van der Waals surface area (Å²) in [4.78, 5) is 22.0. The van der Waals surface area contributed by atoms with Crippen molar-refractivity contribution in [2.45, 2.75) is 110 Å². The molecule has 8 heteroatoms. The highest BCUT2D eigenvalue weighted by Crippen LogP contribution is 2.32. The minimum Gasteiger partial charge on any atom is -0.490 e. The van der Waals surface area contributed by atoms with Crippen LogP contribution in [0.4, 0.5) is 0 Å². The average Bonchev–Trinajstić information content (AvgIpc) is 2.90. The molecule has 0 fully saturated rings. The molecule has 1 aromatic rings. The molecule has 0 aliphatic rings. The van der Waals surface area contributed by atoms with Crippen LogP contribution in [-0.4, -0.2) is 49.9 Å². The van der Waals surface area contributed by atoms with Crippen molar-refractivity contribution in [1.29, 1.82) is 0 Å². The Kier molecular flexibility index (Phi) is 21.8. The highest BCUT2D eigenvalue weighted by molar-refractivity contribution is 7.40. The van der Waals surface area contributed by atoms with Gasteiger partial charge in [-0.3, -0.25) is 4.79 Å². The van der Waals surface area contributed by atoms with Crippen LogP contribution < -0.4 is 10.1 Å². The number of ether oxygens (including phenoxy) is 2. The van der Waals surface area contributed by atoms with E-state index >= 15 is 0 Å². The number of esters is 1. The molecule has 214 valence electrons. The molecule has 0 aromatic heterocycles. The summed E-state index contributed by atoms with van der Waals surface area (Å²) in [6.07, 6.45) is 14.9. The zero-order valence-corrected chi connectivity index (χ0v) is 24.5.